The van der Waals surface area contributed by atoms with Crippen molar-refractivity contribution in [3.63, 3.8) is 0 Å². The summed E-state index contributed by atoms with van der Waals surface area (Å²) >= 11 is 9.61. The number of ketones is 1. The molecule has 32 heavy (non-hydrogen) atoms. The zero-order valence-electron chi connectivity index (χ0n) is 18.3. The summed E-state index contributed by atoms with van der Waals surface area (Å²) in [5.41, 5.74) is 0.820. The molecule has 0 saturated carbocycles. The van der Waals surface area contributed by atoms with E-state index in [2.05, 4.69) is 15.9 Å². The first-order valence-electron chi connectivity index (χ1n) is 10.0. The van der Waals surface area contributed by atoms with E-state index in [9.17, 15) is 14.7 Å². The quantitative estimate of drug-likeness (QED) is 0.327. The van der Waals surface area contributed by atoms with Gasteiger partial charge in [-0.2, -0.15) is 0 Å². The van der Waals surface area contributed by atoms with Crippen molar-refractivity contribution in [1.29, 1.82) is 0 Å². The molecule has 7 nitrogen and oxygen atoms in total. The van der Waals surface area contributed by atoms with Gasteiger partial charge in [0.2, 0.25) is 0 Å². The van der Waals surface area contributed by atoms with Gasteiger partial charge in [-0.05, 0) is 55.0 Å². The van der Waals surface area contributed by atoms with Gasteiger partial charge < -0.3 is 24.2 Å². The summed E-state index contributed by atoms with van der Waals surface area (Å²) in [6, 6.07) is 6.30. The van der Waals surface area contributed by atoms with Crippen molar-refractivity contribution in [2.75, 3.05) is 34.4 Å². The maximum atomic E-state index is 13.2. The molecule has 2 unspecified atom stereocenters. The largest absolute Gasteiger partial charge is 0.496 e. The Kier molecular flexibility index (Phi) is 7.82. The van der Waals surface area contributed by atoms with Crippen LogP contribution in [0.4, 0.5) is 0 Å². The minimum atomic E-state index is -0.720. The highest BCUT2D eigenvalue weighted by atomic mass is 79.9. The number of carbonyl (C=O) groups is 2. The number of methoxy groups -OCH3 is 2. The third kappa shape index (κ3) is 4.50. The van der Waals surface area contributed by atoms with Crippen LogP contribution in [0.2, 0.25) is 5.02 Å². The predicted octanol–water partition coefficient (Wildman–Crippen LogP) is 4.32. The summed E-state index contributed by atoms with van der Waals surface area (Å²) in [6.45, 7) is 2.00. The second-order valence-electron chi connectivity index (χ2n) is 7.57. The van der Waals surface area contributed by atoms with Crippen LogP contribution in [-0.2, 0) is 0 Å². The minimum Gasteiger partial charge on any atom is -0.496 e. The van der Waals surface area contributed by atoms with Crippen LogP contribution in [0.5, 0.6) is 17.2 Å². The number of Topliss-reactive ketones (excluding diaryl/α,β-unsaturated/α-hetero) is 1. The van der Waals surface area contributed by atoms with Gasteiger partial charge in [0.15, 0.2) is 11.5 Å². The third-order valence-electron chi connectivity index (χ3n) is 5.79. The molecule has 9 heteroatoms. The number of rotatable bonds is 7. The first kappa shape index (κ1) is 24.5. The molecule has 0 aromatic heterocycles. The van der Waals surface area contributed by atoms with Crippen molar-refractivity contribution in [1.82, 2.24) is 4.90 Å². The lowest BCUT2D eigenvalue weighted by atomic mass is 9.88. The Bertz CT molecular complexity index is 1040. The van der Waals surface area contributed by atoms with Crippen LogP contribution in [0.15, 0.2) is 28.7 Å². The number of hydrogen-bond acceptors (Lipinski definition) is 7. The van der Waals surface area contributed by atoms with Gasteiger partial charge in [-0.15, -0.1) is 0 Å². The van der Waals surface area contributed by atoms with E-state index in [1.807, 2.05) is 11.9 Å². The van der Waals surface area contributed by atoms with E-state index in [0.717, 1.165) is 6.54 Å². The van der Waals surface area contributed by atoms with Crippen LogP contribution >= 0.6 is 27.5 Å². The van der Waals surface area contributed by atoms with E-state index in [0.29, 0.717) is 22.2 Å². The summed E-state index contributed by atoms with van der Waals surface area (Å²) in [5.74, 6) is -0.580. The molecule has 0 radical (unpaired) electrons. The number of aliphatic hydroxyl groups excluding tert-OH is 1. The standard InChI is InChI=1S/C23H25BrClNO6/c1-12(28)19-17(30-3)10-18(31-4)20(13-8-9-26(2)16(13)11-27)22(19)32-23(29)14-6-5-7-15(24)21(14)25/h5-7,10,13,16,27H,8-9,11H2,1-4H3. The van der Waals surface area contributed by atoms with Crippen molar-refractivity contribution in [2.45, 2.75) is 25.3 Å². The van der Waals surface area contributed by atoms with Gasteiger partial charge in [0.25, 0.3) is 0 Å². The smallest absolute Gasteiger partial charge is 0.345 e. The highest BCUT2D eigenvalue weighted by molar-refractivity contribution is 9.10. The fraction of sp³-hybridized carbons (Fsp3) is 0.391. The molecule has 1 heterocycles. The van der Waals surface area contributed by atoms with Gasteiger partial charge in [0.05, 0.1) is 31.4 Å². The number of carbonyl (C=O) groups excluding carboxylic acids is 2. The van der Waals surface area contributed by atoms with Crippen molar-refractivity contribution < 1.29 is 28.9 Å². The van der Waals surface area contributed by atoms with Crippen LogP contribution in [0, 0.1) is 0 Å². The van der Waals surface area contributed by atoms with Crippen molar-refractivity contribution in [3.05, 3.63) is 50.5 Å². The van der Waals surface area contributed by atoms with Crippen molar-refractivity contribution in [2.24, 2.45) is 0 Å². The Balaban J connectivity index is 2.24. The number of halogens is 2. The summed E-state index contributed by atoms with van der Waals surface area (Å²) < 4.78 is 17.4. The average Bonchev–Trinajstić information content (AvgIpc) is 3.14. The summed E-state index contributed by atoms with van der Waals surface area (Å²) in [7, 11) is 4.84. The molecule has 0 amide bonds. The number of esters is 1. The molecule has 1 saturated heterocycles. The van der Waals surface area contributed by atoms with E-state index in [1.165, 1.54) is 21.1 Å². The number of ether oxygens (including phenoxy) is 3. The van der Waals surface area contributed by atoms with Gasteiger partial charge in [-0.3, -0.25) is 4.79 Å². The molecule has 1 fully saturated rings. The Hall–Kier alpha value is -2.13. The molecular formula is C23H25BrClNO6. The average molecular weight is 527 g/mol. The number of hydrogen-bond donors (Lipinski definition) is 1. The molecule has 1 N–H and O–H groups in total. The Morgan fingerprint density at radius 1 is 1.25 bits per heavy atom. The number of nitrogens with zero attached hydrogens (tertiary/aromatic N) is 1. The number of likely N-dealkylation sites (N-methyl/N-ethyl adjacent to an activating group) is 1. The topological polar surface area (TPSA) is 85.3 Å². The second kappa shape index (κ2) is 10.2. The van der Waals surface area contributed by atoms with Crippen LogP contribution in [0.1, 0.15) is 45.5 Å². The van der Waals surface area contributed by atoms with Crippen LogP contribution in [-0.4, -0.2) is 62.2 Å². The lowest BCUT2D eigenvalue weighted by molar-refractivity contribution is 0.0728. The fourth-order valence-corrected chi connectivity index (χ4v) is 4.74. The molecule has 1 aliphatic rings. The molecule has 2 atom stereocenters. The number of aliphatic hydroxyl groups is 1. The normalized spacial score (nSPS) is 18.5. The monoisotopic (exact) mass is 525 g/mol. The molecule has 1 aliphatic heterocycles. The van der Waals surface area contributed by atoms with Crippen molar-refractivity contribution in [3.8, 4) is 17.2 Å². The molecule has 0 aliphatic carbocycles. The SMILES string of the molecule is COc1cc(OC)c(C2CCN(C)C2CO)c(OC(=O)c2cccc(Br)c2Cl)c1C(C)=O. The zero-order chi connectivity index (χ0) is 23.6. The summed E-state index contributed by atoms with van der Waals surface area (Å²) in [4.78, 5) is 27.9. The first-order valence-corrected chi connectivity index (χ1v) is 11.2. The molecule has 2 aromatic rings. The number of likely N-dealkylation sites (tertiary alicyclic amines) is 1. The molecule has 0 bridgehead atoms. The predicted molar refractivity (Wildman–Crippen MR) is 125 cm³/mol. The van der Waals surface area contributed by atoms with Crippen molar-refractivity contribution >= 4 is 39.3 Å². The first-order chi connectivity index (χ1) is 15.2. The summed E-state index contributed by atoms with van der Waals surface area (Å²) in [5, 5.41) is 10.2. The lowest BCUT2D eigenvalue weighted by Gasteiger charge is -2.27. The Morgan fingerprint density at radius 2 is 1.94 bits per heavy atom. The van der Waals surface area contributed by atoms with Gasteiger partial charge in [-0.1, -0.05) is 17.7 Å². The molecule has 2 aromatic carbocycles. The zero-order valence-corrected chi connectivity index (χ0v) is 20.6. The fourth-order valence-electron chi connectivity index (χ4n) is 4.17. The van der Waals surface area contributed by atoms with Gasteiger partial charge in [-0.25, -0.2) is 4.79 Å². The molecule has 0 spiro atoms. The van der Waals surface area contributed by atoms with E-state index < -0.39 is 5.97 Å². The van der Waals surface area contributed by atoms with E-state index in [-0.39, 0.29) is 52.0 Å². The van der Waals surface area contributed by atoms with Gasteiger partial charge >= 0.3 is 5.97 Å². The lowest BCUT2D eigenvalue weighted by Crippen LogP contribution is -2.32. The second-order valence-corrected chi connectivity index (χ2v) is 8.80. The third-order valence-corrected chi connectivity index (χ3v) is 7.08. The van der Waals surface area contributed by atoms with Gasteiger partial charge in [0, 0.05) is 28.1 Å². The van der Waals surface area contributed by atoms with E-state index >= 15 is 0 Å². The Labute approximate surface area is 200 Å². The molecule has 3 rings (SSSR count). The molecular weight excluding hydrogens is 502 g/mol. The highest BCUT2D eigenvalue weighted by Gasteiger charge is 2.39. The maximum absolute atomic E-state index is 13.2. The van der Waals surface area contributed by atoms with Crippen LogP contribution in [0.3, 0.4) is 0 Å². The van der Waals surface area contributed by atoms with Gasteiger partial charge in [0.1, 0.15) is 17.1 Å². The Morgan fingerprint density at radius 3 is 2.53 bits per heavy atom. The van der Waals surface area contributed by atoms with Crippen LogP contribution in [0.25, 0.3) is 0 Å². The van der Waals surface area contributed by atoms with Crippen LogP contribution < -0.4 is 14.2 Å². The molecule has 172 valence electrons. The number of benzene rings is 2. The highest BCUT2D eigenvalue weighted by Crippen LogP contribution is 2.48. The summed E-state index contributed by atoms with van der Waals surface area (Å²) in [6.07, 6.45) is 0.684. The van der Waals surface area contributed by atoms with E-state index in [4.69, 9.17) is 25.8 Å². The minimum absolute atomic E-state index is 0.0634. The van der Waals surface area contributed by atoms with E-state index in [1.54, 1.807) is 24.3 Å². The maximum Gasteiger partial charge on any atom is 0.345 e.